The third-order valence-electron chi connectivity index (χ3n) is 3.06. The van der Waals surface area contributed by atoms with Crippen LogP contribution < -0.4 is 0 Å². The van der Waals surface area contributed by atoms with Gasteiger partial charge >= 0.3 is 0 Å². The first kappa shape index (κ1) is 13.6. The molecule has 0 unspecified atom stereocenters. The molecule has 0 saturated carbocycles. The van der Waals surface area contributed by atoms with Gasteiger partial charge < -0.3 is 0 Å². The Balaban J connectivity index is 2.92. The van der Waals surface area contributed by atoms with Crippen molar-refractivity contribution in [3.63, 3.8) is 0 Å². The molecule has 0 aromatic heterocycles. The molecule has 0 saturated heterocycles. The van der Waals surface area contributed by atoms with Crippen molar-refractivity contribution in [2.75, 3.05) is 0 Å². The molecular weight excluding hydrogens is 212 g/mol. The lowest BCUT2D eigenvalue weighted by molar-refractivity contribution is -0.125. The molecule has 92 valence electrons. The maximum Gasteiger partial charge on any atom is 0.170 e. The average molecular weight is 232 g/mol. The quantitative estimate of drug-likeness (QED) is 0.590. The van der Waals surface area contributed by atoms with E-state index >= 15 is 0 Å². The van der Waals surface area contributed by atoms with Crippen LogP contribution in [0.3, 0.4) is 0 Å². The summed E-state index contributed by atoms with van der Waals surface area (Å²) in [5.74, 6) is -0.0884. The molecule has 0 radical (unpaired) electrons. The van der Waals surface area contributed by atoms with Gasteiger partial charge in [0.05, 0.1) is 6.42 Å². The molecular formula is C15H20O2. The van der Waals surface area contributed by atoms with E-state index in [1.165, 1.54) is 0 Å². The van der Waals surface area contributed by atoms with E-state index in [0.29, 0.717) is 5.56 Å². The highest BCUT2D eigenvalue weighted by molar-refractivity contribution is 6.10. The fraction of sp³-hybridized carbons (Fsp3) is 0.467. The third-order valence-corrected chi connectivity index (χ3v) is 3.06. The number of ketones is 2. The largest absolute Gasteiger partial charge is 0.299 e. The van der Waals surface area contributed by atoms with Gasteiger partial charge in [-0.3, -0.25) is 9.59 Å². The fourth-order valence-corrected chi connectivity index (χ4v) is 1.56. The molecule has 1 aromatic carbocycles. The standard InChI is InChI=1S/C15H20O2/c1-10-7-6-8-12(11(10)2)13(16)9-14(17)15(3,4)5/h6-8H,9H2,1-5H3. The monoisotopic (exact) mass is 232 g/mol. The van der Waals surface area contributed by atoms with Crippen LogP contribution in [0.15, 0.2) is 18.2 Å². The van der Waals surface area contributed by atoms with Crippen LogP contribution in [-0.2, 0) is 4.79 Å². The summed E-state index contributed by atoms with van der Waals surface area (Å²) in [6, 6.07) is 5.62. The summed E-state index contributed by atoms with van der Waals surface area (Å²) < 4.78 is 0. The van der Waals surface area contributed by atoms with E-state index in [1.54, 1.807) is 6.07 Å². The SMILES string of the molecule is Cc1cccc(C(=O)CC(=O)C(C)(C)C)c1C. The minimum Gasteiger partial charge on any atom is -0.299 e. The smallest absolute Gasteiger partial charge is 0.170 e. The Labute approximate surface area is 103 Å². The maximum absolute atomic E-state index is 12.1. The highest BCUT2D eigenvalue weighted by Gasteiger charge is 2.24. The zero-order chi connectivity index (χ0) is 13.2. The van der Waals surface area contributed by atoms with Gasteiger partial charge in [0, 0.05) is 11.0 Å². The molecule has 0 amide bonds. The second-order valence-electron chi connectivity index (χ2n) is 5.52. The number of carbonyl (C=O) groups is 2. The summed E-state index contributed by atoms with van der Waals surface area (Å²) in [5.41, 5.74) is 2.27. The lowest BCUT2D eigenvalue weighted by Crippen LogP contribution is -2.23. The van der Waals surface area contributed by atoms with Crippen molar-refractivity contribution in [2.45, 2.75) is 41.0 Å². The summed E-state index contributed by atoms with van der Waals surface area (Å²) in [7, 11) is 0. The first-order valence-corrected chi connectivity index (χ1v) is 5.86. The number of aryl methyl sites for hydroxylation is 1. The number of benzene rings is 1. The van der Waals surface area contributed by atoms with Crippen LogP contribution >= 0.6 is 0 Å². The predicted molar refractivity (Wildman–Crippen MR) is 69.3 cm³/mol. The molecule has 1 aromatic rings. The molecule has 0 fully saturated rings. The van der Waals surface area contributed by atoms with E-state index in [4.69, 9.17) is 0 Å². The van der Waals surface area contributed by atoms with Crippen LogP contribution in [0, 0.1) is 19.3 Å². The summed E-state index contributed by atoms with van der Waals surface area (Å²) in [6.07, 6.45) is -0.00616. The van der Waals surface area contributed by atoms with Crippen LogP contribution in [-0.4, -0.2) is 11.6 Å². The van der Waals surface area contributed by atoms with Crippen molar-refractivity contribution in [1.82, 2.24) is 0 Å². The molecule has 2 nitrogen and oxygen atoms in total. The normalized spacial score (nSPS) is 11.4. The van der Waals surface area contributed by atoms with Gasteiger partial charge in [-0.25, -0.2) is 0 Å². The lowest BCUT2D eigenvalue weighted by Gasteiger charge is -2.16. The van der Waals surface area contributed by atoms with Crippen molar-refractivity contribution in [3.8, 4) is 0 Å². The number of carbonyl (C=O) groups excluding carboxylic acids is 2. The summed E-state index contributed by atoms with van der Waals surface area (Å²) >= 11 is 0. The Hall–Kier alpha value is -1.44. The average Bonchev–Trinajstić information content (AvgIpc) is 2.20. The number of Topliss-reactive ketones (excluding diaryl/α,β-unsaturated/α-hetero) is 2. The molecule has 0 spiro atoms. The van der Waals surface area contributed by atoms with Crippen LogP contribution in [0.25, 0.3) is 0 Å². The zero-order valence-electron chi connectivity index (χ0n) is 11.3. The first-order chi connectivity index (χ1) is 7.73. The van der Waals surface area contributed by atoms with Gasteiger partial charge in [0.2, 0.25) is 0 Å². The van der Waals surface area contributed by atoms with E-state index in [1.807, 2.05) is 46.8 Å². The van der Waals surface area contributed by atoms with Crippen molar-refractivity contribution in [1.29, 1.82) is 0 Å². The van der Waals surface area contributed by atoms with Crippen molar-refractivity contribution >= 4 is 11.6 Å². The summed E-state index contributed by atoms with van der Waals surface area (Å²) in [4.78, 5) is 23.9. The Morgan fingerprint density at radius 3 is 2.24 bits per heavy atom. The Bertz CT molecular complexity index is 450. The number of rotatable bonds is 3. The number of hydrogen-bond donors (Lipinski definition) is 0. The van der Waals surface area contributed by atoms with Crippen LogP contribution in [0.2, 0.25) is 0 Å². The van der Waals surface area contributed by atoms with Crippen LogP contribution in [0.1, 0.15) is 48.7 Å². The van der Waals surface area contributed by atoms with Gasteiger partial charge in [-0.2, -0.15) is 0 Å². The second-order valence-corrected chi connectivity index (χ2v) is 5.52. The number of hydrogen-bond acceptors (Lipinski definition) is 2. The fourth-order valence-electron chi connectivity index (χ4n) is 1.56. The van der Waals surface area contributed by atoms with Gasteiger partial charge in [-0.05, 0) is 25.0 Å². The molecule has 0 aliphatic carbocycles. The molecule has 2 heteroatoms. The zero-order valence-corrected chi connectivity index (χ0v) is 11.3. The van der Waals surface area contributed by atoms with Gasteiger partial charge in [0.1, 0.15) is 5.78 Å². The highest BCUT2D eigenvalue weighted by Crippen LogP contribution is 2.20. The molecule has 1 rings (SSSR count). The van der Waals surface area contributed by atoms with Crippen molar-refractivity contribution in [3.05, 3.63) is 34.9 Å². The Morgan fingerprint density at radius 2 is 1.71 bits per heavy atom. The molecule has 0 bridgehead atoms. The summed E-state index contributed by atoms with van der Waals surface area (Å²) in [5, 5.41) is 0. The van der Waals surface area contributed by atoms with Gasteiger partial charge in [-0.1, -0.05) is 39.0 Å². The maximum atomic E-state index is 12.1. The molecule has 0 aliphatic rings. The van der Waals surface area contributed by atoms with E-state index in [-0.39, 0.29) is 18.0 Å². The van der Waals surface area contributed by atoms with Gasteiger partial charge in [0.15, 0.2) is 5.78 Å². The van der Waals surface area contributed by atoms with Gasteiger partial charge in [0.25, 0.3) is 0 Å². The lowest BCUT2D eigenvalue weighted by atomic mass is 9.86. The Morgan fingerprint density at radius 1 is 1.12 bits per heavy atom. The minimum atomic E-state index is -0.451. The van der Waals surface area contributed by atoms with E-state index in [2.05, 4.69) is 0 Å². The Kier molecular flexibility index (Phi) is 3.87. The first-order valence-electron chi connectivity index (χ1n) is 5.86. The van der Waals surface area contributed by atoms with Crippen LogP contribution in [0.4, 0.5) is 0 Å². The predicted octanol–water partition coefficient (Wildman–Crippen LogP) is 3.49. The van der Waals surface area contributed by atoms with E-state index < -0.39 is 5.41 Å². The topological polar surface area (TPSA) is 34.1 Å². The molecule has 17 heavy (non-hydrogen) atoms. The highest BCUT2D eigenvalue weighted by atomic mass is 16.1. The van der Waals surface area contributed by atoms with Crippen molar-refractivity contribution < 1.29 is 9.59 Å². The third kappa shape index (κ3) is 3.26. The second kappa shape index (κ2) is 4.82. The minimum absolute atomic E-state index is 0.00616. The van der Waals surface area contributed by atoms with E-state index in [0.717, 1.165) is 11.1 Å². The van der Waals surface area contributed by atoms with Gasteiger partial charge in [-0.15, -0.1) is 0 Å². The molecule has 0 N–H and O–H groups in total. The molecule has 0 atom stereocenters. The van der Waals surface area contributed by atoms with E-state index in [9.17, 15) is 9.59 Å². The van der Waals surface area contributed by atoms with Crippen molar-refractivity contribution in [2.24, 2.45) is 5.41 Å². The molecule has 0 aliphatic heterocycles. The molecule has 0 heterocycles. The summed E-state index contributed by atoms with van der Waals surface area (Å²) in [6.45, 7) is 9.41. The van der Waals surface area contributed by atoms with Crippen LogP contribution in [0.5, 0.6) is 0 Å².